The van der Waals surface area contributed by atoms with Crippen molar-refractivity contribution in [2.24, 2.45) is 35.5 Å². The molecule has 0 aromatic carbocycles. The molecule has 8 fully saturated rings. The van der Waals surface area contributed by atoms with Gasteiger partial charge in [0, 0.05) is 62.0 Å². The van der Waals surface area contributed by atoms with E-state index in [4.69, 9.17) is 38.5 Å². The first-order valence-corrected chi connectivity index (χ1v) is 20.2. The van der Waals surface area contributed by atoms with Gasteiger partial charge in [0.1, 0.15) is 0 Å². The van der Waals surface area contributed by atoms with Crippen molar-refractivity contribution in [3.8, 4) is 0 Å². The number of Topliss-reactive ketones (excluding diaryl/α,β-unsaturated/α-hetero) is 1. The molecule has 0 aromatic heterocycles. The minimum atomic E-state index is -4.97. The molecule has 0 radical (unpaired) electrons. The standard InChI is InChI=1S/C39H50F6N2O11/c1-18-6-9-25-21(30(38(40,41)42)51-32-36(25)23(18)12-14-34(4,53-32)55-57-36)8-11-28(49)27(47-20(3)48)16-29(50)46-17-22-26-10-7-19(2)24-13-15-35(5)54-33(37(24,26)58-56-35)52-31(22)39(43,44)45/h18-19,23-27,32-33H,6-17H2,1-5H3,(H,46,50)(H,47,48)/t18-,19-,23+,24+,25+,26+,27+,32-,33-,34-,35-,36-,37-/m1/s1. The Morgan fingerprint density at radius 3 is 1.69 bits per heavy atom. The highest BCUT2D eigenvalue weighted by molar-refractivity contribution is 5.93. The van der Waals surface area contributed by atoms with Gasteiger partial charge in [0.15, 0.2) is 17.0 Å². The molecule has 6 saturated heterocycles. The first-order valence-electron chi connectivity index (χ1n) is 20.2. The average molecular weight is 837 g/mol. The van der Waals surface area contributed by atoms with E-state index in [-0.39, 0.29) is 47.7 Å². The number of ketones is 1. The van der Waals surface area contributed by atoms with Crippen LogP contribution in [0.25, 0.3) is 0 Å². The number of hydrogen-bond acceptors (Lipinski definition) is 11. The lowest BCUT2D eigenvalue weighted by Gasteiger charge is -2.57. The number of carbonyl (C=O) groups is 3. The van der Waals surface area contributed by atoms with Crippen LogP contribution in [-0.2, 0) is 52.9 Å². The van der Waals surface area contributed by atoms with Gasteiger partial charge >= 0.3 is 12.4 Å². The van der Waals surface area contributed by atoms with Crippen molar-refractivity contribution < 1.29 is 79.2 Å². The summed E-state index contributed by atoms with van der Waals surface area (Å²) in [6.45, 7) is 7.61. The van der Waals surface area contributed by atoms with Gasteiger partial charge in [0.2, 0.25) is 47.5 Å². The van der Waals surface area contributed by atoms with E-state index in [0.717, 1.165) is 6.92 Å². The fourth-order valence-electron chi connectivity index (χ4n) is 11.3. The minimum Gasteiger partial charge on any atom is -0.456 e. The van der Waals surface area contributed by atoms with Crippen molar-refractivity contribution in [1.29, 1.82) is 0 Å². The molecule has 19 heteroatoms. The molecule has 2 saturated carbocycles. The summed E-state index contributed by atoms with van der Waals surface area (Å²) in [5.74, 6) is -9.86. The maximum absolute atomic E-state index is 14.7. The molecule has 58 heavy (non-hydrogen) atoms. The Morgan fingerprint density at radius 2 is 1.21 bits per heavy atom. The number of amides is 2. The Hall–Kier alpha value is -2.97. The Bertz CT molecular complexity index is 1770. The fourth-order valence-corrected chi connectivity index (χ4v) is 11.3. The lowest BCUT2D eigenvalue weighted by atomic mass is 9.59. The van der Waals surface area contributed by atoms with Gasteiger partial charge in [-0.3, -0.25) is 14.4 Å². The third-order valence-electron chi connectivity index (χ3n) is 14.1. The maximum atomic E-state index is 14.7. The highest BCUT2D eigenvalue weighted by Gasteiger charge is 2.72. The highest BCUT2D eigenvalue weighted by atomic mass is 19.4. The summed E-state index contributed by atoms with van der Waals surface area (Å²) in [5.41, 5.74) is -3.29. The van der Waals surface area contributed by atoms with Crippen LogP contribution in [0.15, 0.2) is 22.7 Å². The minimum absolute atomic E-state index is 0.0369. The molecule has 10 aliphatic rings. The third-order valence-corrected chi connectivity index (χ3v) is 14.1. The second-order valence-corrected chi connectivity index (χ2v) is 17.9. The van der Waals surface area contributed by atoms with E-state index in [0.29, 0.717) is 38.5 Å². The molecule has 2 spiro atoms. The molecule has 4 bridgehead atoms. The normalized spacial score (nSPS) is 42.3. The Balaban J connectivity index is 1.01. The molecule has 2 aliphatic carbocycles. The van der Waals surface area contributed by atoms with Crippen LogP contribution < -0.4 is 10.6 Å². The summed E-state index contributed by atoms with van der Waals surface area (Å²) in [7, 11) is 0. The van der Waals surface area contributed by atoms with Crippen LogP contribution in [0, 0.1) is 35.5 Å². The van der Waals surface area contributed by atoms with E-state index in [1.165, 1.54) is 0 Å². The number of halogens is 6. The van der Waals surface area contributed by atoms with Crippen LogP contribution in [-0.4, -0.2) is 77.9 Å². The number of nitrogens with one attached hydrogen (secondary N) is 2. The molecule has 13 atom stereocenters. The molecule has 13 nitrogen and oxygen atoms in total. The Morgan fingerprint density at radius 1 is 0.724 bits per heavy atom. The molecule has 8 aliphatic heterocycles. The number of fused-ring (bicyclic) bond motifs is 4. The van der Waals surface area contributed by atoms with Gasteiger partial charge in [-0.1, -0.05) is 13.8 Å². The van der Waals surface area contributed by atoms with Crippen LogP contribution >= 0.6 is 0 Å². The van der Waals surface area contributed by atoms with Crippen molar-refractivity contribution in [2.75, 3.05) is 6.54 Å². The molecular formula is C39H50F6N2O11. The molecule has 324 valence electrons. The van der Waals surface area contributed by atoms with E-state index in [9.17, 15) is 40.7 Å². The molecule has 8 heterocycles. The molecular weight excluding hydrogens is 786 g/mol. The van der Waals surface area contributed by atoms with Crippen molar-refractivity contribution in [3.05, 3.63) is 22.7 Å². The summed E-state index contributed by atoms with van der Waals surface area (Å²) >= 11 is 0. The molecule has 0 unspecified atom stereocenters. The molecule has 0 aromatic rings. The van der Waals surface area contributed by atoms with Crippen molar-refractivity contribution >= 4 is 17.6 Å². The van der Waals surface area contributed by atoms with E-state index < -0.39 is 121 Å². The number of hydrogen-bond donors (Lipinski definition) is 2. The van der Waals surface area contributed by atoms with E-state index >= 15 is 0 Å². The SMILES string of the molecule is CC(=O)N[C@@H](CC(=O)NCC1=C(C(F)(F)F)O[C@@H]2O[C@@]3(C)CC[C@H]4[C@H](C)CC[C@@H]1[C@@]24OO3)C(=O)CCC1=C(C(F)(F)F)O[C@@H]2O[C@@]3(C)CC[C@H]4[C@H](C)CC[C@@H]1[C@@]24OO3. The maximum Gasteiger partial charge on any atom is 0.449 e. The molecule has 2 amide bonds. The highest BCUT2D eigenvalue weighted by Crippen LogP contribution is 2.63. The van der Waals surface area contributed by atoms with Gasteiger partial charge in [0.05, 0.1) is 12.5 Å². The lowest BCUT2D eigenvalue weighted by molar-refractivity contribution is -0.557. The Kier molecular flexibility index (Phi) is 10.3. The summed E-state index contributed by atoms with van der Waals surface area (Å²) in [6, 6.07) is -1.51. The second-order valence-electron chi connectivity index (χ2n) is 17.9. The number of allylic oxidation sites excluding steroid dienone is 2. The van der Waals surface area contributed by atoms with Gasteiger partial charge in [0.25, 0.3) is 0 Å². The number of alkyl halides is 6. The van der Waals surface area contributed by atoms with Crippen LogP contribution in [0.4, 0.5) is 26.3 Å². The lowest BCUT2D eigenvalue weighted by Crippen LogP contribution is -2.67. The first-order chi connectivity index (χ1) is 27.1. The zero-order valence-electron chi connectivity index (χ0n) is 32.9. The predicted octanol–water partition coefficient (Wildman–Crippen LogP) is 6.47. The van der Waals surface area contributed by atoms with Crippen LogP contribution in [0.5, 0.6) is 0 Å². The number of carbonyl (C=O) groups excluding carboxylic acids is 3. The van der Waals surface area contributed by atoms with Crippen molar-refractivity contribution in [1.82, 2.24) is 10.6 Å². The average Bonchev–Trinajstić information content (AvgIpc) is 3.51. The molecule has 2 N–H and O–H groups in total. The smallest absolute Gasteiger partial charge is 0.449 e. The molecule has 10 rings (SSSR count). The van der Waals surface area contributed by atoms with Crippen molar-refractivity contribution in [3.63, 3.8) is 0 Å². The zero-order valence-corrected chi connectivity index (χ0v) is 32.9. The van der Waals surface area contributed by atoms with E-state index in [2.05, 4.69) is 10.6 Å². The topological polar surface area (TPSA) is 149 Å². The van der Waals surface area contributed by atoms with E-state index in [1.807, 2.05) is 13.8 Å². The van der Waals surface area contributed by atoms with Crippen LogP contribution in [0.1, 0.15) is 105 Å². The zero-order chi connectivity index (χ0) is 41.8. The van der Waals surface area contributed by atoms with E-state index in [1.54, 1.807) is 13.8 Å². The van der Waals surface area contributed by atoms with Gasteiger partial charge in [-0.15, -0.1) is 0 Å². The number of rotatable bonds is 9. The summed E-state index contributed by atoms with van der Waals surface area (Å²) in [6.07, 6.45) is -11.0. The van der Waals surface area contributed by atoms with Crippen LogP contribution in [0.3, 0.4) is 0 Å². The monoisotopic (exact) mass is 836 g/mol. The fraction of sp³-hybridized carbons (Fsp3) is 0.821. The van der Waals surface area contributed by atoms with Gasteiger partial charge in [-0.05, 0) is 76.2 Å². The largest absolute Gasteiger partial charge is 0.456 e. The summed E-state index contributed by atoms with van der Waals surface area (Å²) in [4.78, 5) is 62.9. The number of ether oxygens (including phenoxy) is 4. The second kappa shape index (κ2) is 14.3. The first kappa shape index (κ1) is 41.8. The quantitative estimate of drug-likeness (QED) is 0.195. The Labute approximate surface area is 331 Å². The summed E-state index contributed by atoms with van der Waals surface area (Å²) < 4.78 is 111. The third kappa shape index (κ3) is 6.83. The van der Waals surface area contributed by atoms with Gasteiger partial charge < -0.3 is 29.6 Å². The van der Waals surface area contributed by atoms with Gasteiger partial charge in [-0.2, -0.15) is 26.3 Å². The van der Waals surface area contributed by atoms with Gasteiger partial charge in [-0.25, -0.2) is 19.6 Å². The summed E-state index contributed by atoms with van der Waals surface area (Å²) in [5, 5.41) is 4.88. The van der Waals surface area contributed by atoms with Crippen molar-refractivity contribution in [2.45, 2.75) is 159 Å². The predicted molar refractivity (Wildman–Crippen MR) is 183 cm³/mol. The van der Waals surface area contributed by atoms with Crippen LogP contribution in [0.2, 0.25) is 0 Å².